The predicted octanol–water partition coefficient (Wildman–Crippen LogP) is 1.92. The number of rotatable bonds is 6. The molecule has 0 atom stereocenters. The smallest absolute Gasteiger partial charge is 0.225 e. The molecule has 2 aromatic rings. The van der Waals surface area contributed by atoms with E-state index in [1.165, 1.54) is 5.56 Å². The van der Waals surface area contributed by atoms with Gasteiger partial charge in [-0.15, -0.1) is 0 Å². The van der Waals surface area contributed by atoms with Gasteiger partial charge in [0.2, 0.25) is 11.8 Å². The molecule has 0 aliphatic carbocycles. The Balaban J connectivity index is 1.84. The lowest BCUT2D eigenvalue weighted by Gasteiger charge is -2.06. The minimum Gasteiger partial charge on any atom is -0.478 e. The van der Waals surface area contributed by atoms with Crippen LogP contribution < -0.4 is 10.1 Å². The standard InChI is InChI=1S/C13H16N4O/c1-2-18-12-6-10-16-13(17-12)15-9-5-11-3-7-14-8-4-11/h3-4,6-8,10H,2,5,9H2,1H3,(H,15,16,17). The second-order valence-electron chi connectivity index (χ2n) is 3.68. The van der Waals surface area contributed by atoms with E-state index in [1.54, 1.807) is 24.7 Å². The summed E-state index contributed by atoms with van der Waals surface area (Å²) in [7, 11) is 0. The fourth-order valence-corrected chi connectivity index (χ4v) is 1.52. The lowest BCUT2D eigenvalue weighted by molar-refractivity contribution is 0.326. The van der Waals surface area contributed by atoms with Crippen molar-refractivity contribution in [1.29, 1.82) is 0 Å². The van der Waals surface area contributed by atoms with Gasteiger partial charge in [-0.1, -0.05) is 0 Å². The van der Waals surface area contributed by atoms with Crippen molar-refractivity contribution in [2.45, 2.75) is 13.3 Å². The summed E-state index contributed by atoms with van der Waals surface area (Å²) in [5, 5.41) is 3.17. The van der Waals surface area contributed by atoms with Crippen LogP contribution in [0.25, 0.3) is 0 Å². The second-order valence-corrected chi connectivity index (χ2v) is 3.68. The van der Waals surface area contributed by atoms with E-state index >= 15 is 0 Å². The molecule has 2 aromatic heterocycles. The predicted molar refractivity (Wildman–Crippen MR) is 69.6 cm³/mol. The van der Waals surface area contributed by atoms with Crippen molar-refractivity contribution in [2.75, 3.05) is 18.5 Å². The molecule has 5 nitrogen and oxygen atoms in total. The monoisotopic (exact) mass is 244 g/mol. The van der Waals surface area contributed by atoms with Gasteiger partial charge in [0.15, 0.2) is 0 Å². The van der Waals surface area contributed by atoms with Crippen molar-refractivity contribution in [1.82, 2.24) is 15.0 Å². The van der Waals surface area contributed by atoms with Crippen LogP contribution >= 0.6 is 0 Å². The normalized spacial score (nSPS) is 10.1. The lowest BCUT2D eigenvalue weighted by atomic mass is 10.2. The second kappa shape index (κ2) is 6.54. The first kappa shape index (κ1) is 12.3. The van der Waals surface area contributed by atoms with Crippen molar-refractivity contribution < 1.29 is 4.74 Å². The number of aromatic nitrogens is 3. The van der Waals surface area contributed by atoms with Crippen LogP contribution in [0.2, 0.25) is 0 Å². The maximum Gasteiger partial charge on any atom is 0.225 e. The third kappa shape index (κ3) is 3.69. The summed E-state index contributed by atoms with van der Waals surface area (Å²) in [4.78, 5) is 12.4. The van der Waals surface area contributed by atoms with Crippen LogP contribution in [0.5, 0.6) is 5.88 Å². The number of anilines is 1. The Hall–Kier alpha value is -2.17. The summed E-state index contributed by atoms with van der Waals surface area (Å²) in [6.45, 7) is 3.31. The molecule has 0 fully saturated rings. The third-order valence-electron chi connectivity index (χ3n) is 2.37. The molecule has 18 heavy (non-hydrogen) atoms. The van der Waals surface area contributed by atoms with Gasteiger partial charge in [-0.3, -0.25) is 4.98 Å². The highest BCUT2D eigenvalue weighted by molar-refractivity contribution is 5.27. The van der Waals surface area contributed by atoms with Gasteiger partial charge in [0, 0.05) is 31.2 Å². The van der Waals surface area contributed by atoms with Crippen LogP contribution in [-0.2, 0) is 6.42 Å². The van der Waals surface area contributed by atoms with Gasteiger partial charge in [-0.2, -0.15) is 4.98 Å². The maximum absolute atomic E-state index is 5.31. The van der Waals surface area contributed by atoms with E-state index in [2.05, 4.69) is 20.3 Å². The molecule has 0 saturated heterocycles. The SMILES string of the molecule is CCOc1ccnc(NCCc2ccncc2)n1. The molecule has 0 radical (unpaired) electrons. The summed E-state index contributed by atoms with van der Waals surface area (Å²) in [6, 6.07) is 5.75. The van der Waals surface area contributed by atoms with Crippen molar-refractivity contribution >= 4 is 5.95 Å². The highest BCUT2D eigenvalue weighted by Crippen LogP contribution is 2.08. The zero-order chi connectivity index (χ0) is 12.6. The molecule has 0 aliphatic heterocycles. The van der Waals surface area contributed by atoms with Crippen LogP contribution in [0.3, 0.4) is 0 Å². The summed E-state index contributed by atoms with van der Waals surface area (Å²) < 4.78 is 5.31. The quantitative estimate of drug-likeness (QED) is 0.841. The summed E-state index contributed by atoms with van der Waals surface area (Å²) in [5.41, 5.74) is 1.23. The molecule has 0 spiro atoms. The Morgan fingerprint density at radius 1 is 1.17 bits per heavy atom. The van der Waals surface area contributed by atoms with E-state index in [1.807, 2.05) is 19.1 Å². The first-order valence-corrected chi connectivity index (χ1v) is 5.97. The van der Waals surface area contributed by atoms with E-state index < -0.39 is 0 Å². The Kier molecular flexibility index (Phi) is 4.46. The molecule has 2 rings (SSSR count). The van der Waals surface area contributed by atoms with E-state index in [-0.39, 0.29) is 0 Å². The van der Waals surface area contributed by atoms with Gasteiger partial charge in [-0.25, -0.2) is 4.98 Å². The van der Waals surface area contributed by atoms with Gasteiger partial charge in [0.1, 0.15) is 0 Å². The molecule has 0 amide bonds. The zero-order valence-corrected chi connectivity index (χ0v) is 10.3. The zero-order valence-electron chi connectivity index (χ0n) is 10.3. The van der Waals surface area contributed by atoms with Crippen LogP contribution in [0.15, 0.2) is 36.8 Å². The Morgan fingerprint density at radius 2 is 2.00 bits per heavy atom. The molecule has 0 bridgehead atoms. The van der Waals surface area contributed by atoms with E-state index in [9.17, 15) is 0 Å². The van der Waals surface area contributed by atoms with Gasteiger partial charge in [0.25, 0.3) is 0 Å². The van der Waals surface area contributed by atoms with Crippen molar-refractivity contribution in [2.24, 2.45) is 0 Å². The topological polar surface area (TPSA) is 59.9 Å². The fraction of sp³-hybridized carbons (Fsp3) is 0.308. The van der Waals surface area contributed by atoms with Gasteiger partial charge in [-0.05, 0) is 31.0 Å². The molecule has 0 aliphatic rings. The average molecular weight is 244 g/mol. The highest BCUT2D eigenvalue weighted by Gasteiger charge is 1.99. The first-order valence-electron chi connectivity index (χ1n) is 5.97. The molecule has 0 aromatic carbocycles. The molecular formula is C13H16N4O. The largest absolute Gasteiger partial charge is 0.478 e. The minimum absolute atomic E-state index is 0.593. The summed E-state index contributed by atoms with van der Waals surface area (Å²) >= 11 is 0. The summed E-state index contributed by atoms with van der Waals surface area (Å²) in [6.07, 6.45) is 6.18. The maximum atomic E-state index is 5.31. The molecular weight excluding hydrogens is 228 g/mol. The Bertz CT molecular complexity index is 475. The van der Waals surface area contributed by atoms with Gasteiger partial charge >= 0.3 is 0 Å². The lowest BCUT2D eigenvalue weighted by Crippen LogP contribution is -2.08. The molecule has 1 N–H and O–H groups in total. The number of hydrogen-bond donors (Lipinski definition) is 1. The van der Waals surface area contributed by atoms with Crippen molar-refractivity contribution in [3.05, 3.63) is 42.4 Å². The Morgan fingerprint density at radius 3 is 2.78 bits per heavy atom. The minimum atomic E-state index is 0.593. The van der Waals surface area contributed by atoms with E-state index in [0.717, 1.165) is 13.0 Å². The van der Waals surface area contributed by atoms with Crippen LogP contribution in [0.1, 0.15) is 12.5 Å². The van der Waals surface area contributed by atoms with Gasteiger partial charge < -0.3 is 10.1 Å². The average Bonchev–Trinajstić information content (AvgIpc) is 2.41. The van der Waals surface area contributed by atoms with Crippen molar-refractivity contribution in [3.8, 4) is 5.88 Å². The number of hydrogen-bond acceptors (Lipinski definition) is 5. The fourth-order valence-electron chi connectivity index (χ4n) is 1.52. The van der Waals surface area contributed by atoms with Crippen LogP contribution in [0.4, 0.5) is 5.95 Å². The summed E-state index contributed by atoms with van der Waals surface area (Å²) in [5.74, 6) is 1.19. The highest BCUT2D eigenvalue weighted by atomic mass is 16.5. The third-order valence-corrected chi connectivity index (χ3v) is 2.37. The van der Waals surface area contributed by atoms with E-state index in [4.69, 9.17) is 4.74 Å². The van der Waals surface area contributed by atoms with Crippen LogP contribution in [0, 0.1) is 0 Å². The number of nitrogens with one attached hydrogen (secondary N) is 1. The first-order chi connectivity index (χ1) is 8.88. The molecule has 0 unspecified atom stereocenters. The van der Waals surface area contributed by atoms with E-state index in [0.29, 0.717) is 18.4 Å². The van der Waals surface area contributed by atoms with Gasteiger partial charge in [0.05, 0.1) is 6.61 Å². The number of ether oxygens (including phenoxy) is 1. The van der Waals surface area contributed by atoms with Crippen LogP contribution in [-0.4, -0.2) is 28.1 Å². The molecule has 94 valence electrons. The number of pyridine rings is 1. The molecule has 2 heterocycles. The molecule has 0 saturated carbocycles. The molecule has 5 heteroatoms. The Labute approximate surface area is 106 Å². The van der Waals surface area contributed by atoms with Crippen molar-refractivity contribution in [3.63, 3.8) is 0 Å². The number of nitrogens with zero attached hydrogens (tertiary/aromatic N) is 3.